The van der Waals surface area contributed by atoms with Gasteiger partial charge in [-0.05, 0) is 83.1 Å². The van der Waals surface area contributed by atoms with Gasteiger partial charge < -0.3 is 19.5 Å². The van der Waals surface area contributed by atoms with Gasteiger partial charge in [-0.25, -0.2) is 0 Å². The Labute approximate surface area is 376 Å². The lowest BCUT2D eigenvalue weighted by Crippen LogP contribution is -2.51. The summed E-state index contributed by atoms with van der Waals surface area (Å²) < 4.78 is 15.7. The number of ether oxygens (including phenoxy) is 2. The summed E-state index contributed by atoms with van der Waals surface area (Å²) in [4.78, 5) is 32.9. The number of halogens is 1. The molecule has 318 valence electrons. The van der Waals surface area contributed by atoms with Crippen LogP contribution in [0.5, 0.6) is 5.75 Å². The summed E-state index contributed by atoms with van der Waals surface area (Å²) in [5.74, 6) is 0.201. The zero-order valence-electron chi connectivity index (χ0n) is 35.6. The molecule has 1 unspecified atom stereocenters. The Morgan fingerprint density at radius 3 is 2.37 bits per heavy atom. The maximum Gasteiger partial charge on any atom is 0.264 e. The fourth-order valence-electron chi connectivity index (χ4n) is 10.7. The number of anilines is 3. The highest BCUT2D eigenvalue weighted by Crippen LogP contribution is 2.60. The number of methoxy groups -OCH3 is 1. The summed E-state index contributed by atoms with van der Waals surface area (Å²) in [6.45, 7) is 7.74. The van der Waals surface area contributed by atoms with Crippen LogP contribution in [0.1, 0.15) is 52.0 Å². The van der Waals surface area contributed by atoms with Gasteiger partial charge in [0.25, 0.3) is 11.8 Å². The van der Waals surface area contributed by atoms with Gasteiger partial charge in [0.1, 0.15) is 5.75 Å². The SMILES string of the molecule is COc1ccc([Si](C)(C)[C@H]2[C@H](CCn3cc(C(CO)c4ccccc4)nn3)O[C@@]3(C(=O)N(Cc4ccc(N5C(=O)c6cccc7cccc5c67)cc4)c4ccc(Br)cc43)[C@@H]2C)cc1. The molecule has 3 aliphatic rings. The van der Waals surface area contributed by atoms with E-state index >= 15 is 4.79 Å². The molecule has 2 amide bonds. The number of aryl methyl sites for hydroxylation is 1. The number of aromatic nitrogens is 3. The van der Waals surface area contributed by atoms with Crippen LogP contribution in [0.15, 0.2) is 144 Å². The first-order chi connectivity index (χ1) is 30.5. The van der Waals surface area contributed by atoms with Crippen molar-refractivity contribution in [2.45, 2.75) is 62.7 Å². The molecule has 0 aliphatic carbocycles. The molecule has 1 saturated heterocycles. The number of amides is 2. The number of aliphatic hydroxyl groups excluding tert-OH is 1. The maximum absolute atomic E-state index is 15.5. The summed E-state index contributed by atoms with van der Waals surface area (Å²) >= 11 is 3.75. The van der Waals surface area contributed by atoms with E-state index in [1.807, 2.05) is 131 Å². The van der Waals surface area contributed by atoms with E-state index in [2.05, 4.69) is 64.5 Å². The van der Waals surface area contributed by atoms with E-state index in [1.165, 1.54) is 5.19 Å². The van der Waals surface area contributed by atoms with Crippen LogP contribution >= 0.6 is 15.9 Å². The zero-order chi connectivity index (χ0) is 43.6. The Bertz CT molecular complexity index is 2870. The lowest BCUT2D eigenvalue weighted by Gasteiger charge is -2.37. The summed E-state index contributed by atoms with van der Waals surface area (Å²) in [6.07, 6.45) is 2.23. The van der Waals surface area contributed by atoms with Crippen LogP contribution in [0, 0.1) is 5.92 Å². The van der Waals surface area contributed by atoms with Crippen molar-refractivity contribution >= 4 is 68.8 Å². The third-order valence-electron chi connectivity index (χ3n) is 13.8. The number of benzene rings is 6. The lowest BCUT2D eigenvalue weighted by molar-refractivity contribution is -0.146. The molecule has 6 aromatic carbocycles. The molecular formula is C51H48BrN5O5Si. The number of fused-ring (bicyclic) bond motifs is 2. The second-order valence-corrected chi connectivity index (χ2v) is 23.1. The van der Waals surface area contributed by atoms with Crippen LogP contribution < -0.4 is 19.7 Å². The molecule has 1 fully saturated rings. The molecule has 63 heavy (non-hydrogen) atoms. The summed E-state index contributed by atoms with van der Waals surface area (Å²) in [7, 11) is -0.724. The van der Waals surface area contributed by atoms with Crippen LogP contribution in [0.25, 0.3) is 10.8 Å². The monoisotopic (exact) mass is 917 g/mol. The Morgan fingerprint density at radius 2 is 1.63 bits per heavy atom. The van der Waals surface area contributed by atoms with E-state index in [0.29, 0.717) is 30.8 Å². The van der Waals surface area contributed by atoms with Crippen molar-refractivity contribution in [1.29, 1.82) is 0 Å². The lowest BCUT2D eigenvalue weighted by atomic mass is 9.82. The van der Waals surface area contributed by atoms with Gasteiger partial charge in [-0.1, -0.05) is 125 Å². The summed E-state index contributed by atoms with van der Waals surface area (Å²) in [6, 6.07) is 44.2. The van der Waals surface area contributed by atoms with Crippen molar-refractivity contribution in [3.63, 3.8) is 0 Å². The number of nitrogens with zero attached hydrogens (tertiary/aromatic N) is 5. The van der Waals surface area contributed by atoms with E-state index in [-0.39, 0.29) is 41.9 Å². The number of carbonyl (C=O) groups excluding carboxylic acids is 2. The average Bonchev–Trinajstić information content (AvgIpc) is 4.03. The number of hydrogen-bond acceptors (Lipinski definition) is 7. The van der Waals surface area contributed by atoms with E-state index in [9.17, 15) is 9.90 Å². The molecule has 0 radical (unpaired) electrons. The molecule has 4 heterocycles. The molecule has 10 rings (SSSR count). The van der Waals surface area contributed by atoms with E-state index in [0.717, 1.165) is 54.7 Å². The molecule has 1 aromatic heterocycles. The normalized spacial score (nSPS) is 20.9. The third kappa shape index (κ3) is 6.73. The van der Waals surface area contributed by atoms with Crippen molar-refractivity contribution in [3.8, 4) is 5.75 Å². The van der Waals surface area contributed by atoms with Crippen molar-refractivity contribution in [3.05, 3.63) is 172 Å². The van der Waals surface area contributed by atoms with E-state index < -0.39 is 13.7 Å². The predicted octanol–water partition coefficient (Wildman–Crippen LogP) is 9.47. The Morgan fingerprint density at radius 1 is 0.889 bits per heavy atom. The van der Waals surface area contributed by atoms with Crippen molar-refractivity contribution < 1.29 is 24.2 Å². The molecule has 3 aliphatic heterocycles. The standard InChI is InChI=1S/C51H48BrN5O5Si/c1-32-48(63(3,4)39-23-21-38(61-2)22-24-39)46(26-27-55-30-43(53-54-55)41(31-58)34-10-6-5-7-11-34)62-51(32)42-28-36(52)18-25-44(42)56(50(51)60)29-33-16-19-37(20-17-33)57-45-15-9-13-35-12-8-14-40(47(35)45)49(57)59/h5-25,28,30,32,41,46,48,58H,26-27,29,31H2,1-4H3/t32-,41?,46+,48-,51+/m1/s1. The summed E-state index contributed by atoms with van der Waals surface area (Å²) in [5.41, 5.74) is 5.46. The molecule has 10 nitrogen and oxygen atoms in total. The van der Waals surface area contributed by atoms with Gasteiger partial charge in [0.15, 0.2) is 5.60 Å². The largest absolute Gasteiger partial charge is 0.497 e. The average molecular weight is 919 g/mol. The molecule has 12 heteroatoms. The van der Waals surface area contributed by atoms with Gasteiger partial charge in [-0.3, -0.25) is 19.2 Å². The van der Waals surface area contributed by atoms with Crippen LogP contribution in [-0.4, -0.2) is 59.8 Å². The van der Waals surface area contributed by atoms with Gasteiger partial charge in [-0.15, -0.1) is 5.10 Å². The molecule has 0 bridgehead atoms. The molecule has 5 atom stereocenters. The minimum atomic E-state index is -2.40. The Kier molecular flexibility index (Phi) is 10.4. The molecule has 1 N–H and O–H groups in total. The number of rotatable bonds is 12. The smallest absolute Gasteiger partial charge is 0.264 e. The second kappa shape index (κ2) is 16.0. The Hall–Kier alpha value is -5.92. The van der Waals surface area contributed by atoms with E-state index in [4.69, 9.17) is 9.47 Å². The van der Waals surface area contributed by atoms with Crippen LogP contribution in [0.4, 0.5) is 17.1 Å². The summed E-state index contributed by atoms with van der Waals surface area (Å²) in [5, 5.41) is 22.6. The van der Waals surface area contributed by atoms with Crippen molar-refractivity contribution in [2.24, 2.45) is 5.92 Å². The topological polar surface area (TPSA) is 110 Å². The van der Waals surface area contributed by atoms with Crippen molar-refractivity contribution in [2.75, 3.05) is 23.5 Å². The fraction of sp³-hybridized carbons (Fsp3) is 0.255. The Balaban J connectivity index is 0.972. The minimum absolute atomic E-state index is 0.0324. The van der Waals surface area contributed by atoms with Crippen LogP contribution in [0.3, 0.4) is 0 Å². The first kappa shape index (κ1) is 41.1. The zero-order valence-corrected chi connectivity index (χ0v) is 38.2. The minimum Gasteiger partial charge on any atom is -0.497 e. The van der Waals surface area contributed by atoms with Gasteiger partial charge in [0.05, 0.1) is 63.0 Å². The molecule has 0 saturated carbocycles. The number of carbonyl (C=O) groups is 2. The van der Waals surface area contributed by atoms with Gasteiger partial charge in [-0.2, -0.15) is 0 Å². The van der Waals surface area contributed by atoms with Gasteiger partial charge in [0.2, 0.25) is 0 Å². The van der Waals surface area contributed by atoms with Gasteiger partial charge >= 0.3 is 0 Å². The third-order valence-corrected chi connectivity index (χ3v) is 18.7. The van der Waals surface area contributed by atoms with Crippen LogP contribution in [0.2, 0.25) is 18.6 Å². The fourth-order valence-corrected chi connectivity index (χ4v) is 15.1. The highest BCUT2D eigenvalue weighted by molar-refractivity contribution is 9.10. The molecule has 7 aromatic rings. The highest BCUT2D eigenvalue weighted by atomic mass is 79.9. The number of aliphatic hydroxyl groups is 1. The van der Waals surface area contributed by atoms with Crippen LogP contribution in [-0.2, 0) is 28.2 Å². The van der Waals surface area contributed by atoms with Crippen molar-refractivity contribution in [1.82, 2.24) is 15.0 Å². The number of hydrogen-bond donors (Lipinski definition) is 1. The predicted molar refractivity (Wildman–Crippen MR) is 252 cm³/mol. The first-order valence-electron chi connectivity index (χ1n) is 21.5. The highest BCUT2D eigenvalue weighted by Gasteiger charge is 2.66. The quantitative estimate of drug-likeness (QED) is 0.122. The first-order valence-corrected chi connectivity index (χ1v) is 25.4. The maximum atomic E-state index is 15.5. The molecule has 1 spiro atoms. The van der Waals surface area contributed by atoms with E-state index in [1.54, 1.807) is 12.0 Å². The molecular weight excluding hydrogens is 871 g/mol. The van der Waals surface area contributed by atoms with Gasteiger partial charge in [0, 0.05) is 39.8 Å². The second-order valence-electron chi connectivity index (χ2n) is 17.5.